The molecule has 0 spiro atoms. The van der Waals surface area contributed by atoms with E-state index in [4.69, 9.17) is 4.55 Å². The van der Waals surface area contributed by atoms with Crippen LogP contribution in [0.25, 0.3) is 11.3 Å². The lowest BCUT2D eigenvalue weighted by molar-refractivity contribution is 0.483. The van der Waals surface area contributed by atoms with Gasteiger partial charge in [0.15, 0.2) is 0 Å². The van der Waals surface area contributed by atoms with Crippen molar-refractivity contribution >= 4 is 10.1 Å². The second kappa shape index (κ2) is 3.44. The molecule has 7 heteroatoms. The van der Waals surface area contributed by atoms with E-state index in [2.05, 4.69) is 15.4 Å². The zero-order valence-electron chi connectivity index (χ0n) is 7.45. The molecule has 0 saturated heterocycles. The van der Waals surface area contributed by atoms with Gasteiger partial charge in [-0.25, -0.2) is 0 Å². The first kappa shape index (κ1) is 9.81. The van der Waals surface area contributed by atoms with Gasteiger partial charge in [-0.05, 0) is 12.1 Å². The summed E-state index contributed by atoms with van der Waals surface area (Å²) in [7, 11) is -4.17. The third kappa shape index (κ3) is 2.03. The van der Waals surface area contributed by atoms with Crippen LogP contribution >= 0.6 is 0 Å². The fourth-order valence-corrected chi connectivity index (χ4v) is 1.68. The number of rotatable bonds is 2. The number of nitrogens with one attached hydrogen (secondary N) is 1. The molecule has 0 fully saturated rings. The summed E-state index contributed by atoms with van der Waals surface area (Å²) in [5.41, 5.74) is 1.08. The molecule has 15 heavy (non-hydrogen) atoms. The Hall–Kier alpha value is -1.73. The zero-order chi connectivity index (χ0) is 10.9. The van der Waals surface area contributed by atoms with E-state index >= 15 is 0 Å². The summed E-state index contributed by atoms with van der Waals surface area (Å²) in [5, 5.41) is 9.74. The quantitative estimate of drug-likeness (QED) is 0.734. The van der Waals surface area contributed by atoms with Crippen LogP contribution in [0.5, 0.6) is 0 Å². The Morgan fingerprint density at radius 3 is 2.73 bits per heavy atom. The summed E-state index contributed by atoms with van der Waals surface area (Å²) in [6.45, 7) is 0. The molecular weight excluding hydrogens is 218 g/mol. The third-order valence-electron chi connectivity index (χ3n) is 1.84. The van der Waals surface area contributed by atoms with Gasteiger partial charge in [0.1, 0.15) is 5.69 Å². The number of hydrogen-bond acceptors (Lipinski definition) is 4. The highest BCUT2D eigenvalue weighted by Crippen LogP contribution is 2.19. The van der Waals surface area contributed by atoms with E-state index in [1.165, 1.54) is 24.4 Å². The number of nitrogens with zero attached hydrogens (tertiary/aromatic N) is 2. The molecule has 6 nitrogen and oxygen atoms in total. The highest BCUT2D eigenvalue weighted by Gasteiger charge is 2.10. The Kier molecular flexibility index (Phi) is 2.25. The molecule has 0 aliphatic heterocycles. The lowest BCUT2D eigenvalue weighted by Gasteiger charge is -1.99. The molecule has 0 unspecified atom stereocenters. The van der Waals surface area contributed by atoms with Gasteiger partial charge in [-0.3, -0.25) is 9.65 Å². The SMILES string of the molecule is O=S(=O)(O)c1cccc(-c2c[nH]nn2)c1. The van der Waals surface area contributed by atoms with Crippen LogP contribution in [0.15, 0.2) is 35.4 Å². The first-order valence-corrected chi connectivity index (χ1v) is 5.46. The molecule has 0 radical (unpaired) electrons. The average molecular weight is 225 g/mol. The standard InChI is InChI=1S/C8H7N3O3S/c12-15(13,14)7-3-1-2-6(4-7)8-5-9-11-10-8/h1-5H,(H,9,10,11)(H,12,13,14). The number of aromatic amines is 1. The largest absolute Gasteiger partial charge is 0.294 e. The van der Waals surface area contributed by atoms with Gasteiger partial charge in [0.05, 0.1) is 4.90 Å². The lowest BCUT2D eigenvalue weighted by Crippen LogP contribution is -1.97. The van der Waals surface area contributed by atoms with Crippen molar-refractivity contribution < 1.29 is 13.0 Å². The topological polar surface area (TPSA) is 95.9 Å². The lowest BCUT2D eigenvalue weighted by atomic mass is 10.2. The minimum atomic E-state index is -4.17. The minimum Gasteiger partial charge on any atom is -0.282 e. The van der Waals surface area contributed by atoms with E-state index < -0.39 is 10.1 Å². The normalized spacial score (nSPS) is 11.5. The van der Waals surface area contributed by atoms with Crippen molar-refractivity contribution in [1.82, 2.24) is 15.4 Å². The van der Waals surface area contributed by atoms with Crippen LogP contribution < -0.4 is 0 Å². The molecule has 1 aromatic heterocycles. The molecule has 2 rings (SSSR count). The molecule has 0 saturated carbocycles. The first-order valence-electron chi connectivity index (χ1n) is 4.02. The predicted octanol–water partition coefficient (Wildman–Crippen LogP) is 0.718. The highest BCUT2D eigenvalue weighted by atomic mass is 32.2. The van der Waals surface area contributed by atoms with Crippen LogP contribution in [0.3, 0.4) is 0 Å². The maximum Gasteiger partial charge on any atom is 0.294 e. The minimum absolute atomic E-state index is 0.164. The molecule has 1 aromatic carbocycles. The summed E-state index contributed by atoms with van der Waals surface area (Å²) in [4.78, 5) is -0.164. The van der Waals surface area contributed by atoms with Crippen LogP contribution in [0.1, 0.15) is 0 Å². The Morgan fingerprint density at radius 2 is 2.13 bits per heavy atom. The van der Waals surface area contributed by atoms with Gasteiger partial charge in [-0.2, -0.15) is 8.42 Å². The second-order valence-electron chi connectivity index (χ2n) is 2.86. The first-order chi connectivity index (χ1) is 7.07. The van der Waals surface area contributed by atoms with Gasteiger partial charge in [-0.15, -0.1) is 5.10 Å². The number of aromatic nitrogens is 3. The maximum absolute atomic E-state index is 10.9. The van der Waals surface area contributed by atoms with Crippen LogP contribution in [0.2, 0.25) is 0 Å². The molecular formula is C8H7N3O3S. The summed E-state index contributed by atoms with van der Waals surface area (Å²) >= 11 is 0. The smallest absolute Gasteiger partial charge is 0.282 e. The number of benzene rings is 1. The van der Waals surface area contributed by atoms with Gasteiger partial charge in [0.25, 0.3) is 10.1 Å². The van der Waals surface area contributed by atoms with E-state index in [0.717, 1.165) is 0 Å². The maximum atomic E-state index is 10.9. The Bertz CT molecular complexity index is 563. The molecule has 2 aromatic rings. The zero-order valence-corrected chi connectivity index (χ0v) is 8.27. The van der Waals surface area contributed by atoms with Crippen molar-refractivity contribution in [3.8, 4) is 11.3 Å². The van der Waals surface area contributed by atoms with Gasteiger partial charge < -0.3 is 0 Å². The van der Waals surface area contributed by atoms with Crippen molar-refractivity contribution in [2.24, 2.45) is 0 Å². The number of hydrogen-bond donors (Lipinski definition) is 2. The van der Waals surface area contributed by atoms with E-state index in [0.29, 0.717) is 11.3 Å². The summed E-state index contributed by atoms with van der Waals surface area (Å²) < 4.78 is 30.6. The molecule has 1 heterocycles. The van der Waals surface area contributed by atoms with Crippen molar-refractivity contribution in [3.05, 3.63) is 30.5 Å². The van der Waals surface area contributed by atoms with Crippen molar-refractivity contribution in [2.75, 3.05) is 0 Å². The summed E-state index contributed by atoms with van der Waals surface area (Å²) in [6.07, 6.45) is 1.53. The van der Waals surface area contributed by atoms with E-state index in [1.807, 2.05) is 0 Å². The van der Waals surface area contributed by atoms with Gasteiger partial charge in [0.2, 0.25) is 0 Å². The van der Waals surface area contributed by atoms with Gasteiger partial charge in [-0.1, -0.05) is 17.3 Å². The summed E-state index contributed by atoms with van der Waals surface area (Å²) in [6, 6.07) is 5.83. The van der Waals surface area contributed by atoms with Crippen molar-refractivity contribution in [1.29, 1.82) is 0 Å². The van der Waals surface area contributed by atoms with E-state index in [1.54, 1.807) is 6.07 Å². The third-order valence-corrected chi connectivity index (χ3v) is 2.69. The fraction of sp³-hybridized carbons (Fsp3) is 0. The molecule has 0 bridgehead atoms. The van der Waals surface area contributed by atoms with Crippen LogP contribution in [0, 0.1) is 0 Å². The Morgan fingerprint density at radius 1 is 1.33 bits per heavy atom. The van der Waals surface area contributed by atoms with E-state index in [9.17, 15) is 8.42 Å². The van der Waals surface area contributed by atoms with E-state index in [-0.39, 0.29) is 4.90 Å². The van der Waals surface area contributed by atoms with Gasteiger partial charge in [0, 0.05) is 11.8 Å². The monoisotopic (exact) mass is 225 g/mol. The second-order valence-corrected chi connectivity index (χ2v) is 4.28. The van der Waals surface area contributed by atoms with Crippen LogP contribution in [-0.4, -0.2) is 28.4 Å². The molecule has 0 aliphatic rings. The Labute approximate surface area is 85.7 Å². The van der Waals surface area contributed by atoms with Gasteiger partial charge >= 0.3 is 0 Å². The summed E-state index contributed by atoms with van der Waals surface area (Å²) in [5.74, 6) is 0. The van der Waals surface area contributed by atoms with Crippen molar-refractivity contribution in [3.63, 3.8) is 0 Å². The Balaban J connectivity index is 2.53. The van der Waals surface area contributed by atoms with Crippen LogP contribution in [-0.2, 0) is 10.1 Å². The molecule has 78 valence electrons. The fourth-order valence-electron chi connectivity index (χ4n) is 1.16. The highest BCUT2D eigenvalue weighted by molar-refractivity contribution is 7.85. The molecule has 0 amide bonds. The number of H-pyrrole nitrogens is 1. The van der Waals surface area contributed by atoms with Crippen LogP contribution in [0.4, 0.5) is 0 Å². The predicted molar refractivity (Wildman–Crippen MR) is 51.6 cm³/mol. The average Bonchev–Trinajstić information content (AvgIpc) is 2.69. The molecule has 2 N–H and O–H groups in total. The molecule has 0 atom stereocenters. The molecule has 0 aliphatic carbocycles. The van der Waals surface area contributed by atoms with Crippen molar-refractivity contribution in [2.45, 2.75) is 4.90 Å².